The minimum absolute atomic E-state index is 0.0225. The van der Waals surface area contributed by atoms with E-state index in [2.05, 4.69) is 10.6 Å². The van der Waals surface area contributed by atoms with Crippen LogP contribution in [0.3, 0.4) is 0 Å². The molecule has 0 atom stereocenters. The molecule has 2 aromatic rings. The van der Waals surface area contributed by atoms with Crippen LogP contribution in [0.25, 0.3) is 0 Å². The van der Waals surface area contributed by atoms with Crippen LogP contribution in [0.2, 0.25) is 0 Å². The highest BCUT2D eigenvalue weighted by atomic mass is 19.1. The van der Waals surface area contributed by atoms with E-state index in [1.54, 1.807) is 19.9 Å². The SMILES string of the molecule is CC(C)(Oc1ccc(F)cc1)C(=O)NCCOc1ccc2c(c1)CCC(=O)N2. The number of nitrogens with one attached hydrogen (secondary N) is 2. The van der Waals surface area contributed by atoms with Crippen LogP contribution >= 0.6 is 0 Å². The van der Waals surface area contributed by atoms with Gasteiger partial charge in [0.2, 0.25) is 5.91 Å². The molecule has 3 rings (SSSR count). The van der Waals surface area contributed by atoms with Crippen LogP contribution in [0.1, 0.15) is 25.8 Å². The van der Waals surface area contributed by atoms with Gasteiger partial charge in [0.25, 0.3) is 5.91 Å². The van der Waals surface area contributed by atoms with E-state index >= 15 is 0 Å². The van der Waals surface area contributed by atoms with E-state index in [-0.39, 0.29) is 17.6 Å². The number of halogens is 1. The van der Waals surface area contributed by atoms with Gasteiger partial charge in [-0.25, -0.2) is 4.39 Å². The number of aryl methyl sites for hydroxylation is 1. The Kier molecular flexibility index (Phi) is 5.82. The fourth-order valence-corrected chi connectivity index (χ4v) is 2.84. The molecular formula is C21H23FN2O4. The summed E-state index contributed by atoms with van der Waals surface area (Å²) in [5, 5.41) is 5.60. The molecule has 0 saturated carbocycles. The fourth-order valence-electron chi connectivity index (χ4n) is 2.84. The summed E-state index contributed by atoms with van der Waals surface area (Å²) in [5.74, 6) is 0.462. The molecule has 2 aromatic carbocycles. The first-order valence-electron chi connectivity index (χ1n) is 9.12. The van der Waals surface area contributed by atoms with Crippen molar-refractivity contribution < 1.29 is 23.5 Å². The standard InChI is InChI=1S/C21H23FN2O4/c1-21(2,28-16-6-4-15(22)5-7-16)20(26)23-11-12-27-17-8-9-18-14(13-17)3-10-19(25)24-18/h4-9,13H,3,10-12H2,1-2H3,(H,23,26)(H,24,25). The van der Waals surface area contributed by atoms with Crippen molar-refractivity contribution in [3.05, 3.63) is 53.8 Å². The Hall–Kier alpha value is -3.09. The maximum Gasteiger partial charge on any atom is 0.263 e. The highest BCUT2D eigenvalue weighted by Gasteiger charge is 2.29. The zero-order valence-corrected chi connectivity index (χ0v) is 15.9. The molecule has 2 N–H and O–H groups in total. The minimum Gasteiger partial charge on any atom is -0.492 e. The molecule has 1 aliphatic heterocycles. The third-order valence-electron chi connectivity index (χ3n) is 4.36. The van der Waals surface area contributed by atoms with Gasteiger partial charge in [0.05, 0.1) is 6.54 Å². The number of benzene rings is 2. The first kappa shape index (κ1) is 19.7. The van der Waals surface area contributed by atoms with Gasteiger partial charge < -0.3 is 20.1 Å². The van der Waals surface area contributed by atoms with Crippen molar-refractivity contribution in [3.63, 3.8) is 0 Å². The van der Waals surface area contributed by atoms with Gasteiger partial charge in [0, 0.05) is 12.1 Å². The Morgan fingerprint density at radius 1 is 1.14 bits per heavy atom. The summed E-state index contributed by atoms with van der Waals surface area (Å²) < 4.78 is 24.3. The van der Waals surface area contributed by atoms with Crippen molar-refractivity contribution in [1.29, 1.82) is 0 Å². The number of carbonyl (C=O) groups is 2. The predicted molar refractivity (Wildman–Crippen MR) is 103 cm³/mol. The largest absolute Gasteiger partial charge is 0.492 e. The summed E-state index contributed by atoms with van der Waals surface area (Å²) in [6, 6.07) is 11.0. The number of hydrogen-bond acceptors (Lipinski definition) is 4. The van der Waals surface area contributed by atoms with E-state index in [4.69, 9.17) is 9.47 Å². The van der Waals surface area contributed by atoms with E-state index in [1.807, 2.05) is 12.1 Å². The lowest BCUT2D eigenvalue weighted by molar-refractivity contribution is -0.134. The number of carbonyl (C=O) groups excluding carboxylic acids is 2. The first-order valence-corrected chi connectivity index (χ1v) is 9.12. The van der Waals surface area contributed by atoms with Gasteiger partial charge in [-0.05, 0) is 68.3 Å². The summed E-state index contributed by atoms with van der Waals surface area (Å²) in [6.07, 6.45) is 1.15. The molecule has 148 valence electrons. The summed E-state index contributed by atoms with van der Waals surface area (Å²) in [4.78, 5) is 23.8. The Labute approximate surface area is 163 Å². The van der Waals surface area contributed by atoms with E-state index in [1.165, 1.54) is 24.3 Å². The molecule has 6 nitrogen and oxygen atoms in total. The normalized spacial score (nSPS) is 13.3. The van der Waals surface area contributed by atoms with Gasteiger partial charge in [-0.2, -0.15) is 0 Å². The maximum absolute atomic E-state index is 13.0. The van der Waals surface area contributed by atoms with Gasteiger partial charge in [-0.15, -0.1) is 0 Å². The lowest BCUT2D eigenvalue weighted by Gasteiger charge is -2.25. The first-order chi connectivity index (χ1) is 13.3. The highest BCUT2D eigenvalue weighted by Crippen LogP contribution is 2.26. The Bertz CT molecular complexity index is 865. The third kappa shape index (κ3) is 5.00. The van der Waals surface area contributed by atoms with Crippen molar-refractivity contribution in [2.24, 2.45) is 0 Å². The number of rotatable bonds is 7. The molecular weight excluding hydrogens is 363 g/mol. The van der Waals surface area contributed by atoms with Crippen molar-refractivity contribution >= 4 is 17.5 Å². The van der Waals surface area contributed by atoms with Crippen LogP contribution < -0.4 is 20.1 Å². The number of ether oxygens (including phenoxy) is 2. The van der Waals surface area contributed by atoms with Crippen molar-refractivity contribution in [1.82, 2.24) is 5.32 Å². The number of anilines is 1. The summed E-state index contributed by atoms with van der Waals surface area (Å²) in [6.45, 7) is 3.89. The van der Waals surface area contributed by atoms with Crippen molar-refractivity contribution in [2.45, 2.75) is 32.3 Å². The van der Waals surface area contributed by atoms with Crippen LogP contribution in [0.15, 0.2) is 42.5 Å². The second-order valence-electron chi connectivity index (χ2n) is 7.04. The van der Waals surface area contributed by atoms with Crippen LogP contribution in [0.5, 0.6) is 11.5 Å². The second kappa shape index (κ2) is 8.29. The maximum atomic E-state index is 13.0. The van der Waals surface area contributed by atoms with Gasteiger partial charge in [-0.3, -0.25) is 9.59 Å². The van der Waals surface area contributed by atoms with Gasteiger partial charge >= 0.3 is 0 Å². The predicted octanol–water partition coefficient (Wildman–Crippen LogP) is 3.06. The highest BCUT2D eigenvalue weighted by molar-refractivity contribution is 5.94. The van der Waals surface area contributed by atoms with E-state index < -0.39 is 5.60 Å². The third-order valence-corrected chi connectivity index (χ3v) is 4.36. The molecule has 2 amide bonds. The molecule has 0 radical (unpaired) electrons. The van der Waals surface area contributed by atoms with Crippen LogP contribution in [-0.2, 0) is 16.0 Å². The van der Waals surface area contributed by atoms with Crippen molar-refractivity contribution in [3.8, 4) is 11.5 Å². The Balaban J connectivity index is 1.46. The zero-order chi connectivity index (χ0) is 20.1. The molecule has 28 heavy (non-hydrogen) atoms. The number of hydrogen-bond donors (Lipinski definition) is 2. The minimum atomic E-state index is -1.11. The molecule has 0 saturated heterocycles. The molecule has 0 aliphatic carbocycles. The van der Waals surface area contributed by atoms with Crippen molar-refractivity contribution in [2.75, 3.05) is 18.5 Å². The molecule has 1 heterocycles. The van der Waals surface area contributed by atoms with Crippen LogP contribution in [0, 0.1) is 5.82 Å². The van der Waals surface area contributed by atoms with E-state index in [9.17, 15) is 14.0 Å². The smallest absolute Gasteiger partial charge is 0.263 e. The molecule has 7 heteroatoms. The topological polar surface area (TPSA) is 76.7 Å². The van der Waals surface area contributed by atoms with E-state index in [0.29, 0.717) is 37.5 Å². The molecule has 0 aromatic heterocycles. The summed E-state index contributed by atoms with van der Waals surface area (Å²) in [7, 11) is 0. The Morgan fingerprint density at radius 2 is 1.86 bits per heavy atom. The lowest BCUT2D eigenvalue weighted by Crippen LogP contribution is -2.47. The monoisotopic (exact) mass is 386 g/mol. The Morgan fingerprint density at radius 3 is 2.61 bits per heavy atom. The van der Waals surface area contributed by atoms with E-state index in [0.717, 1.165) is 11.3 Å². The molecule has 0 spiro atoms. The van der Waals surface area contributed by atoms with Gasteiger partial charge in [-0.1, -0.05) is 0 Å². The molecule has 1 aliphatic rings. The quantitative estimate of drug-likeness (QED) is 0.717. The number of amides is 2. The zero-order valence-electron chi connectivity index (χ0n) is 15.9. The van der Waals surface area contributed by atoms with Gasteiger partial charge in [0.15, 0.2) is 5.60 Å². The molecule has 0 unspecified atom stereocenters. The summed E-state index contributed by atoms with van der Waals surface area (Å²) in [5.41, 5.74) is 0.744. The van der Waals surface area contributed by atoms with Crippen LogP contribution in [0.4, 0.5) is 10.1 Å². The van der Waals surface area contributed by atoms with Crippen LogP contribution in [-0.4, -0.2) is 30.6 Å². The second-order valence-corrected chi connectivity index (χ2v) is 7.04. The number of fused-ring (bicyclic) bond motifs is 1. The fraction of sp³-hybridized carbons (Fsp3) is 0.333. The summed E-state index contributed by atoms with van der Waals surface area (Å²) >= 11 is 0. The average Bonchev–Trinajstić information content (AvgIpc) is 2.66. The molecule has 0 fully saturated rings. The van der Waals surface area contributed by atoms with Gasteiger partial charge in [0.1, 0.15) is 23.9 Å². The average molecular weight is 386 g/mol. The lowest BCUT2D eigenvalue weighted by atomic mass is 10.0. The molecule has 0 bridgehead atoms.